The molecule has 0 saturated heterocycles. The van der Waals surface area contributed by atoms with Gasteiger partial charge in [-0.1, -0.05) is 12.2 Å². The van der Waals surface area contributed by atoms with Crippen LogP contribution in [0.5, 0.6) is 0 Å². The van der Waals surface area contributed by atoms with Crippen LogP contribution in [0.25, 0.3) is 0 Å². The first kappa shape index (κ1) is 11.8. The summed E-state index contributed by atoms with van der Waals surface area (Å²) in [4.78, 5) is 11.8. The van der Waals surface area contributed by atoms with Gasteiger partial charge in [0.15, 0.2) is 5.78 Å². The van der Waals surface area contributed by atoms with Gasteiger partial charge in [0.25, 0.3) is 0 Å². The number of Topliss-reactive ketones (excluding diaryl/α,β-unsaturated/α-hetero) is 1. The van der Waals surface area contributed by atoms with Gasteiger partial charge in [-0.2, -0.15) is 21.8 Å². The van der Waals surface area contributed by atoms with Crippen molar-refractivity contribution in [1.29, 1.82) is 0 Å². The molecule has 2 unspecified atom stereocenters. The predicted octanol–water partition coefficient (Wildman–Crippen LogP) is 3.77. The van der Waals surface area contributed by atoms with E-state index in [2.05, 4.69) is 47.6 Å². The van der Waals surface area contributed by atoms with E-state index in [-0.39, 0.29) is 26.4 Å². The summed E-state index contributed by atoms with van der Waals surface area (Å²) in [6.45, 7) is 5.95. The number of hydrogen-bond donors (Lipinski definition) is 2. The number of thiol groups is 2. The Hall–Kier alpha value is -0.670. The lowest BCUT2D eigenvalue weighted by atomic mass is 10.4. The molecule has 2 heterocycles. The molecular formula is C13H18OS2. The number of ketones is 1. The number of allylic oxidation sites excluding steroid dienone is 4. The van der Waals surface area contributed by atoms with E-state index >= 15 is 0 Å². The van der Waals surface area contributed by atoms with Crippen LogP contribution in [0.3, 0.4) is 0 Å². The topological polar surface area (TPSA) is 17.1 Å². The minimum Gasteiger partial charge on any atom is -0.298 e. The molecule has 0 radical (unpaired) electrons. The van der Waals surface area contributed by atoms with Crippen molar-refractivity contribution >= 4 is 27.6 Å². The highest BCUT2D eigenvalue weighted by molar-refractivity contribution is 8.39. The summed E-state index contributed by atoms with van der Waals surface area (Å²) < 4.78 is 0.201. The summed E-state index contributed by atoms with van der Waals surface area (Å²) in [6, 6.07) is 0. The van der Waals surface area contributed by atoms with E-state index in [0.717, 1.165) is 0 Å². The third-order valence-electron chi connectivity index (χ3n) is 2.65. The van der Waals surface area contributed by atoms with E-state index in [1.165, 1.54) is 11.1 Å². The molecule has 0 aliphatic carbocycles. The molecule has 3 heteroatoms. The van der Waals surface area contributed by atoms with Crippen LogP contribution in [0.2, 0.25) is 0 Å². The average Bonchev–Trinajstić information content (AvgIpc) is 2.76. The van der Waals surface area contributed by atoms with Crippen LogP contribution in [0.1, 0.15) is 20.8 Å². The molecule has 0 aromatic rings. The maximum absolute atomic E-state index is 11.8. The van der Waals surface area contributed by atoms with Gasteiger partial charge in [0.2, 0.25) is 0 Å². The van der Waals surface area contributed by atoms with Crippen LogP contribution in [-0.4, -0.2) is 10.4 Å². The maximum Gasteiger partial charge on any atom is 0.150 e. The molecule has 0 spiro atoms. The third-order valence-corrected chi connectivity index (χ3v) is 8.51. The second-order valence-corrected chi connectivity index (χ2v) is 8.60. The number of hydrogen-bond acceptors (Lipinski definition) is 1. The lowest BCUT2D eigenvalue weighted by molar-refractivity contribution is -0.115. The minimum atomic E-state index is -0.377. The molecule has 2 aliphatic rings. The normalized spacial score (nSPS) is 33.7. The molecule has 2 atom stereocenters. The van der Waals surface area contributed by atoms with Crippen molar-refractivity contribution in [2.24, 2.45) is 0 Å². The molecule has 0 fully saturated rings. The van der Waals surface area contributed by atoms with Crippen LogP contribution in [-0.2, 0) is 4.79 Å². The first-order valence-electron chi connectivity index (χ1n) is 5.36. The van der Waals surface area contributed by atoms with E-state index in [1.54, 1.807) is 6.92 Å². The lowest BCUT2D eigenvalue weighted by Gasteiger charge is -2.28. The Bertz CT molecular complexity index is 395. The third kappa shape index (κ3) is 2.36. The SMILES string of the molecule is CC(=O)C([SH]1C=CC(C)=C1)[SH]1C=CC(C)=C1. The van der Waals surface area contributed by atoms with Gasteiger partial charge in [0, 0.05) is 0 Å². The van der Waals surface area contributed by atoms with Gasteiger partial charge in [0.1, 0.15) is 0 Å². The zero-order chi connectivity index (χ0) is 11.7. The first-order chi connectivity index (χ1) is 7.58. The molecule has 0 saturated carbocycles. The molecule has 0 amide bonds. The second kappa shape index (κ2) is 4.68. The smallest absolute Gasteiger partial charge is 0.150 e. The van der Waals surface area contributed by atoms with E-state index in [9.17, 15) is 4.79 Å². The van der Waals surface area contributed by atoms with Crippen LogP contribution in [0.4, 0.5) is 0 Å². The Labute approximate surface area is 103 Å². The molecular weight excluding hydrogens is 236 g/mol. The highest BCUT2D eigenvalue weighted by atomic mass is 32.3. The van der Waals surface area contributed by atoms with Crippen LogP contribution < -0.4 is 0 Å². The summed E-state index contributed by atoms with van der Waals surface area (Å²) >= 11 is 0. The van der Waals surface area contributed by atoms with Crippen molar-refractivity contribution in [2.45, 2.75) is 25.4 Å². The van der Waals surface area contributed by atoms with Crippen molar-refractivity contribution < 1.29 is 4.79 Å². The molecule has 0 N–H and O–H groups in total. The summed E-state index contributed by atoms with van der Waals surface area (Å²) in [7, 11) is -0.753. The molecule has 2 rings (SSSR count). The molecule has 0 aromatic heterocycles. The molecule has 16 heavy (non-hydrogen) atoms. The van der Waals surface area contributed by atoms with Gasteiger partial charge in [-0.05, 0) is 53.5 Å². The van der Waals surface area contributed by atoms with E-state index in [0.29, 0.717) is 5.78 Å². The molecule has 88 valence electrons. The van der Waals surface area contributed by atoms with Crippen molar-refractivity contribution in [1.82, 2.24) is 0 Å². The van der Waals surface area contributed by atoms with E-state index in [1.807, 2.05) is 0 Å². The van der Waals surface area contributed by atoms with Crippen LogP contribution in [0.15, 0.2) is 44.9 Å². The highest BCUT2D eigenvalue weighted by Gasteiger charge is 2.26. The predicted molar refractivity (Wildman–Crippen MR) is 78.2 cm³/mol. The molecule has 0 aromatic carbocycles. The zero-order valence-corrected chi connectivity index (χ0v) is 11.6. The van der Waals surface area contributed by atoms with E-state index in [4.69, 9.17) is 0 Å². The fraction of sp³-hybridized carbons (Fsp3) is 0.308. The molecule has 0 bridgehead atoms. The number of carbonyl (C=O) groups excluding carboxylic acids is 1. The summed E-state index contributed by atoms with van der Waals surface area (Å²) in [5, 5.41) is 9.01. The zero-order valence-electron chi connectivity index (χ0n) is 9.84. The summed E-state index contributed by atoms with van der Waals surface area (Å²) in [5.41, 5.74) is 2.60. The Balaban J connectivity index is 2.23. The Morgan fingerprint density at radius 3 is 1.75 bits per heavy atom. The molecule has 1 nitrogen and oxygen atoms in total. The van der Waals surface area contributed by atoms with E-state index < -0.39 is 0 Å². The maximum atomic E-state index is 11.8. The minimum absolute atomic E-state index is 0.201. The fourth-order valence-electron chi connectivity index (χ4n) is 1.93. The van der Waals surface area contributed by atoms with Gasteiger partial charge in [-0.15, -0.1) is 0 Å². The first-order valence-corrected chi connectivity index (χ1v) is 8.46. The average molecular weight is 254 g/mol. The van der Waals surface area contributed by atoms with Crippen molar-refractivity contribution in [2.75, 3.05) is 0 Å². The fourth-order valence-corrected chi connectivity index (χ4v) is 7.57. The van der Waals surface area contributed by atoms with Gasteiger partial charge in [-0.3, -0.25) is 4.79 Å². The van der Waals surface area contributed by atoms with Crippen LogP contribution >= 0.6 is 21.8 Å². The Morgan fingerprint density at radius 2 is 1.50 bits per heavy atom. The van der Waals surface area contributed by atoms with Crippen molar-refractivity contribution in [3.05, 3.63) is 44.9 Å². The quantitative estimate of drug-likeness (QED) is 0.733. The Kier molecular flexibility index (Phi) is 3.45. The monoisotopic (exact) mass is 254 g/mol. The van der Waals surface area contributed by atoms with Crippen molar-refractivity contribution in [3.63, 3.8) is 0 Å². The van der Waals surface area contributed by atoms with Gasteiger partial charge < -0.3 is 0 Å². The summed E-state index contributed by atoms with van der Waals surface area (Å²) in [5.74, 6) is 0.337. The Morgan fingerprint density at radius 1 is 1.06 bits per heavy atom. The largest absolute Gasteiger partial charge is 0.298 e. The number of rotatable bonds is 3. The van der Waals surface area contributed by atoms with Gasteiger partial charge in [-0.25, -0.2) is 0 Å². The standard InChI is InChI=1S/C13H18OS2/c1-10-4-6-15(8-10)13(12(3)14)16-7-5-11(2)9-16/h4-9,13,15-16H,1-3H3. The molecule has 2 aliphatic heterocycles. The van der Waals surface area contributed by atoms with Crippen LogP contribution in [0, 0.1) is 0 Å². The summed E-state index contributed by atoms with van der Waals surface area (Å²) in [6.07, 6.45) is 4.29. The highest BCUT2D eigenvalue weighted by Crippen LogP contribution is 2.55. The van der Waals surface area contributed by atoms with Gasteiger partial charge in [0.05, 0.1) is 4.58 Å². The van der Waals surface area contributed by atoms with Crippen molar-refractivity contribution in [3.8, 4) is 0 Å². The number of carbonyl (C=O) groups is 1. The second-order valence-electron chi connectivity index (χ2n) is 4.26. The lowest BCUT2D eigenvalue weighted by Crippen LogP contribution is -2.14. The van der Waals surface area contributed by atoms with Gasteiger partial charge >= 0.3 is 0 Å².